The van der Waals surface area contributed by atoms with E-state index in [1.54, 1.807) is 39.1 Å². The van der Waals surface area contributed by atoms with Gasteiger partial charge in [-0.05, 0) is 39.0 Å². The van der Waals surface area contributed by atoms with Crippen LogP contribution in [-0.2, 0) is 11.3 Å². The third-order valence-corrected chi connectivity index (χ3v) is 3.00. The smallest absolute Gasteiger partial charge is 0.407 e. The van der Waals surface area contributed by atoms with Gasteiger partial charge in [-0.15, -0.1) is 5.10 Å². The first-order valence-electron chi connectivity index (χ1n) is 6.58. The number of benzene rings is 1. The highest BCUT2D eigenvalue weighted by Crippen LogP contribution is 2.18. The van der Waals surface area contributed by atoms with Crippen molar-refractivity contribution in [3.8, 4) is 5.69 Å². The molecular formula is C14H16BrFN4O2. The van der Waals surface area contributed by atoms with Gasteiger partial charge in [0.15, 0.2) is 0 Å². The summed E-state index contributed by atoms with van der Waals surface area (Å²) in [6.07, 6.45) is 1.00. The first-order chi connectivity index (χ1) is 10.2. The van der Waals surface area contributed by atoms with Crippen molar-refractivity contribution < 1.29 is 13.9 Å². The van der Waals surface area contributed by atoms with Gasteiger partial charge < -0.3 is 10.1 Å². The number of amides is 1. The predicted octanol–water partition coefficient (Wildman–Crippen LogP) is 3.19. The summed E-state index contributed by atoms with van der Waals surface area (Å²) in [4.78, 5) is 11.5. The van der Waals surface area contributed by atoms with Gasteiger partial charge in [-0.2, -0.15) is 0 Å². The third kappa shape index (κ3) is 4.52. The van der Waals surface area contributed by atoms with Crippen LogP contribution in [0, 0.1) is 5.82 Å². The zero-order valence-corrected chi connectivity index (χ0v) is 14.0. The minimum absolute atomic E-state index is 0.146. The molecule has 0 aliphatic carbocycles. The average molecular weight is 371 g/mol. The molecular weight excluding hydrogens is 355 g/mol. The number of hydrogen-bond donors (Lipinski definition) is 1. The van der Waals surface area contributed by atoms with Crippen LogP contribution in [0.25, 0.3) is 5.69 Å². The summed E-state index contributed by atoms with van der Waals surface area (Å²) in [5, 5.41) is 10.3. The van der Waals surface area contributed by atoms with Gasteiger partial charge in [0.25, 0.3) is 0 Å². The van der Waals surface area contributed by atoms with E-state index < -0.39 is 17.5 Å². The molecule has 2 aromatic rings. The zero-order chi connectivity index (χ0) is 16.3. The molecule has 6 nitrogen and oxygen atoms in total. The maximum Gasteiger partial charge on any atom is 0.407 e. The van der Waals surface area contributed by atoms with Gasteiger partial charge in [0, 0.05) is 4.47 Å². The fourth-order valence-corrected chi connectivity index (χ4v) is 1.97. The van der Waals surface area contributed by atoms with Crippen molar-refractivity contribution in [3.63, 3.8) is 0 Å². The molecule has 0 aliphatic rings. The molecule has 0 atom stereocenters. The fourth-order valence-electron chi connectivity index (χ4n) is 1.64. The number of alkyl carbamates (subject to hydrolysis) is 1. The molecule has 118 valence electrons. The van der Waals surface area contributed by atoms with Crippen LogP contribution in [0.1, 0.15) is 26.5 Å². The van der Waals surface area contributed by atoms with Crippen molar-refractivity contribution in [1.82, 2.24) is 20.3 Å². The molecule has 0 unspecified atom stereocenters. The first-order valence-corrected chi connectivity index (χ1v) is 7.37. The minimum Gasteiger partial charge on any atom is -0.444 e. The standard InChI is InChI=1S/C14H16BrFN4O2/c1-14(2,3)22-13(21)17-7-10-8-20(19-18-10)12-5-4-9(15)6-11(12)16/h4-6,8H,7H2,1-3H3,(H,17,21). The summed E-state index contributed by atoms with van der Waals surface area (Å²) in [6.45, 7) is 5.48. The van der Waals surface area contributed by atoms with E-state index in [1.807, 2.05) is 0 Å². The molecule has 1 heterocycles. The zero-order valence-electron chi connectivity index (χ0n) is 12.4. The Bertz CT molecular complexity index is 682. The highest BCUT2D eigenvalue weighted by atomic mass is 79.9. The Morgan fingerprint density at radius 3 is 2.82 bits per heavy atom. The maximum absolute atomic E-state index is 13.8. The van der Waals surface area contributed by atoms with Crippen molar-refractivity contribution in [2.45, 2.75) is 32.9 Å². The van der Waals surface area contributed by atoms with Gasteiger partial charge in [-0.25, -0.2) is 13.9 Å². The molecule has 0 aliphatic heterocycles. The molecule has 1 aromatic carbocycles. The summed E-state index contributed by atoms with van der Waals surface area (Å²) in [5.41, 5.74) is 0.204. The molecule has 0 saturated heterocycles. The lowest BCUT2D eigenvalue weighted by molar-refractivity contribution is 0.0523. The number of nitrogens with one attached hydrogen (secondary N) is 1. The molecule has 2 rings (SSSR count). The molecule has 0 bridgehead atoms. The predicted molar refractivity (Wildman–Crippen MR) is 82.1 cm³/mol. The largest absolute Gasteiger partial charge is 0.444 e. The Kier molecular flexibility index (Phi) is 4.80. The Morgan fingerprint density at radius 2 is 2.18 bits per heavy atom. The molecule has 1 amide bonds. The molecule has 0 saturated carbocycles. The Hall–Kier alpha value is -1.96. The molecule has 0 fully saturated rings. The summed E-state index contributed by atoms with van der Waals surface area (Å²) in [5.74, 6) is -0.425. The molecule has 8 heteroatoms. The van der Waals surface area contributed by atoms with Crippen molar-refractivity contribution in [2.24, 2.45) is 0 Å². The van der Waals surface area contributed by atoms with Gasteiger partial charge >= 0.3 is 6.09 Å². The summed E-state index contributed by atoms with van der Waals surface area (Å²) >= 11 is 3.19. The van der Waals surface area contributed by atoms with Crippen LogP contribution in [0.2, 0.25) is 0 Å². The summed E-state index contributed by atoms with van der Waals surface area (Å²) in [7, 11) is 0. The van der Waals surface area contributed by atoms with Gasteiger partial charge in [-0.1, -0.05) is 21.1 Å². The van der Waals surface area contributed by atoms with Gasteiger partial charge in [0.1, 0.15) is 22.8 Å². The van der Waals surface area contributed by atoms with Crippen molar-refractivity contribution in [3.05, 3.63) is 40.4 Å². The average Bonchev–Trinajstić information content (AvgIpc) is 2.83. The minimum atomic E-state index is -0.567. The van der Waals surface area contributed by atoms with Crippen LogP contribution in [0.4, 0.5) is 9.18 Å². The van der Waals surface area contributed by atoms with Crippen LogP contribution < -0.4 is 5.32 Å². The van der Waals surface area contributed by atoms with E-state index in [-0.39, 0.29) is 12.2 Å². The van der Waals surface area contributed by atoms with E-state index in [2.05, 4.69) is 31.6 Å². The number of halogens is 2. The number of carbonyl (C=O) groups excluding carboxylic acids is 1. The molecule has 0 spiro atoms. The van der Waals surface area contributed by atoms with Gasteiger partial charge in [0.2, 0.25) is 0 Å². The Labute approximate surface area is 135 Å². The molecule has 1 N–H and O–H groups in total. The first kappa shape index (κ1) is 16.4. The van der Waals surface area contributed by atoms with Crippen LogP contribution in [0.15, 0.2) is 28.9 Å². The second kappa shape index (κ2) is 6.43. The van der Waals surface area contributed by atoms with E-state index >= 15 is 0 Å². The molecule has 1 aromatic heterocycles. The molecule has 22 heavy (non-hydrogen) atoms. The number of carbonyl (C=O) groups is 1. The third-order valence-electron chi connectivity index (χ3n) is 2.51. The molecule has 0 radical (unpaired) electrons. The van der Waals surface area contributed by atoms with Crippen LogP contribution in [-0.4, -0.2) is 26.7 Å². The normalized spacial score (nSPS) is 11.3. The van der Waals surface area contributed by atoms with Crippen molar-refractivity contribution >= 4 is 22.0 Å². The lowest BCUT2D eigenvalue weighted by atomic mass is 10.2. The number of nitrogens with zero attached hydrogens (tertiary/aromatic N) is 3. The van der Waals surface area contributed by atoms with Crippen LogP contribution in [0.3, 0.4) is 0 Å². The van der Waals surface area contributed by atoms with Gasteiger partial charge in [0.05, 0.1) is 12.7 Å². The van der Waals surface area contributed by atoms with Crippen LogP contribution in [0.5, 0.6) is 0 Å². The Morgan fingerprint density at radius 1 is 1.45 bits per heavy atom. The SMILES string of the molecule is CC(C)(C)OC(=O)NCc1cn(-c2ccc(Br)cc2F)nn1. The van der Waals surface area contributed by atoms with E-state index in [0.29, 0.717) is 10.2 Å². The lowest BCUT2D eigenvalue weighted by Gasteiger charge is -2.19. The number of ether oxygens (including phenoxy) is 1. The quantitative estimate of drug-likeness (QED) is 0.900. The second-order valence-corrected chi connectivity index (χ2v) is 6.52. The highest BCUT2D eigenvalue weighted by molar-refractivity contribution is 9.10. The van der Waals surface area contributed by atoms with Crippen molar-refractivity contribution in [2.75, 3.05) is 0 Å². The highest BCUT2D eigenvalue weighted by Gasteiger charge is 2.16. The van der Waals surface area contributed by atoms with E-state index in [4.69, 9.17) is 4.74 Å². The van der Waals surface area contributed by atoms with E-state index in [0.717, 1.165) is 0 Å². The van der Waals surface area contributed by atoms with Gasteiger partial charge in [-0.3, -0.25) is 0 Å². The Balaban J connectivity index is 2.01. The second-order valence-electron chi connectivity index (χ2n) is 5.61. The number of aromatic nitrogens is 3. The number of hydrogen-bond acceptors (Lipinski definition) is 4. The summed E-state index contributed by atoms with van der Waals surface area (Å²) in [6, 6.07) is 4.63. The summed E-state index contributed by atoms with van der Waals surface area (Å²) < 4.78 is 20.9. The fraction of sp³-hybridized carbons (Fsp3) is 0.357. The van der Waals surface area contributed by atoms with E-state index in [1.165, 1.54) is 10.7 Å². The van der Waals surface area contributed by atoms with Crippen LogP contribution >= 0.6 is 15.9 Å². The topological polar surface area (TPSA) is 69.0 Å². The van der Waals surface area contributed by atoms with Crippen molar-refractivity contribution in [1.29, 1.82) is 0 Å². The monoisotopic (exact) mass is 370 g/mol. The number of rotatable bonds is 3. The lowest BCUT2D eigenvalue weighted by Crippen LogP contribution is -2.32. The maximum atomic E-state index is 13.8. The van der Waals surface area contributed by atoms with E-state index in [9.17, 15) is 9.18 Å².